The third kappa shape index (κ3) is 4.37. The first-order chi connectivity index (χ1) is 10.4. The minimum atomic E-state index is -4.39. The zero-order chi connectivity index (χ0) is 16.2. The summed E-state index contributed by atoms with van der Waals surface area (Å²) in [6.45, 7) is 0.631. The van der Waals surface area contributed by atoms with Gasteiger partial charge in [0.15, 0.2) is 0 Å². The van der Waals surface area contributed by atoms with Gasteiger partial charge in [0.2, 0.25) is 0 Å². The van der Waals surface area contributed by atoms with E-state index in [2.05, 4.69) is 0 Å². The standard InChI is InChI=1S/C15H19F3N2O2/c16-15(17,18)13(19)12-6-8-20(9-7-12)14(21)22-10-11-4-2-1-3-5-11/h1-5,12-13H,6-10,19H2/t13-/m1/s1. The first-order valence-electron chi connectivity index (χ1n) is 7.16. The summed E-state index contributed by atoms with van der Waals surface area (Å²) in [4.78, 5) is 13.3. The first-order valence-corrected chi connectivity index (χ1v) is 7.16. The zero-order valence-electron chi connectivity index (χ0n) is 12.1. The van der Waals surface area contributed by atoms with Crippen LogP contribution in [0, 0.1) is 5.92 Å². The average Bonchev–Trinajstić information content (AvgIpc) is 2.52. The Morgan fingerprint density at radius 1 is 1.27 bits per heavy atom. The number of likely N-dealkylation sites (tertiary alicyclic amines) is 1. The summed E-state index contributed by atoms with van der Waals surface area (Å²) in [6, 6.07) is 7.39. The van der Waals surface area contributed by atoms with Crippen LogP contribution in [-0.2, 0) is 11.3 Å². The minimum absolute atomic E-state index is 0.154. The molecule has 0 aliphatic carbocycles. The lowest BCUT2D eigenvalue weighted by Gasteiger charge is -2.34. The number of carbonyl (C=O) groups excluding carboxylic acids is 1. The summed E-state index contributed by atoms with van der Waals surface area (Å²) >= 11 is 0. The molecule has 1 saturated heterocycles. The Hall–Kier alpha value is -1.76. The van der Waals surface area contributed by atoms with Crippen LogP contribution in [0.5, 0.6) is 0 Å². The molecule has 1 amide bonds. The Bertz CT molecular complexity index is 485. The van der Waals surface area contributed by atoms with Crippen LogP contribution in [0.15, 0.2) is 30.3 Å². The van der Waals surface area contributed by atoms with E-state index in [0.717, 1.165) is 5.56 Å². The third-order valence-corrected chi connectivity index (χ3v) is 3.89. The highest BCUT2D eigenvalue weighted by Gasteiger charge is 2.43. The molecule has 1 aliphatic heterocycles. The highest BCUT2D eigenvalue weighted by Crippen LogP contribution is 2.30. The number of amides is 1. The predicted molar refractivity (Wildman–Crippen MR) is 75.0 cm³/mol. The number of alkyl halides is 3. The smallest absolute Gasteiger partial charge is 0.410 e. The lowest BCUT2D eigenvalue weighted by molar-refractivity contribution is -0.162. The van der Waals surface area contributed by atoms with E-state index in [0.29, 0.717) is 0 Å². The van der Waals surface area contributed by atoms with Gasteiger partial charge in [-0.15, -0.1) is 0 Å². The van der Waals surface area contributed by atoms with Crippen molar-refractivity contribution in [1.82, 2.24) is 4.90 Å². The van der Waals surface area contributed by atoms with Crippen molar-refractivity contribution in [3.8, 4) is 0 Å². The van der Waals surface area contributed by atoms with Crippen LogP contribution in [0.25, 0.3) is 0 Å². The van der Waals surface area contributed by atoms with Gasteiger partial charge in [-0.2, -0.15) is 13.2 Å². The molecular weight excluding hydrogens is 297 g/mol. The van der Waals surface area contributed by atoms with Crippen molar-refractivity contribution in [2.45, 2.75) is 31.7 Å². The fourth-order valence-electron chi connectivity index (χ4n) is 2.52. The number of hydrogen-bond acceptors (Lipinski definition) is 3. The molecule has 7 heteroatoms. The molecule has 0 spiro atoms. The summed E-state index contributed by atoms with van der Waals surface area (Å²) in [5.41, 5.74) is 6.09. The summed E-state index contributed by atoms with van der Waals surface area (Å²) in [5.74, 6) is -0.641. The zero-order valence-corrected chi connectivity index (χ0v) is 12.1. The van der Waals surface area contributed by atoms with Gasteiger partial charge in [-0.3, -0.25) is 0 Å². The lowest BCUT2D eigenvalue weighted by atomic mass is 9.90. The van der Waals surface area contributed by atoms with Gasteiger partial charge in [0.05, 0.1) is 0 Å². The van der Waals surface area contributed by atoms with Gasteiger partial charge in [0, 0.05) is 13.1 Å². The maximum absolute atomic E-state index is 12.6. The Labute approximate surface area is 127 Å². The molecule has 0 bridgehead atoms. The maximum atomic E-state index is 12.6. The van der Waals surface area contributed by atoms with Crippen LogP contribution < -0.4 is 5.73 Å². The molecule has 2 rings (SSSR count). The van der Waals surface area contributed by atoms with Crippen LogP contribution in [-0.4, -0.2) is 36.3 Å². The van der Waals surface area contributed by atoms with Gasteiger partial charge in [-0.25, -0.2) is 4.79 Å². The van der Waals surface area contributed by atoms with Crippen LogP contribution in [0.3, 0.4) is 0 Å². The van der Waals surface area contributed by atoms with Crippen molar-refractivity contribution in [2.75, 3.05) is 13.1 Å². The van der Waals surface area contributed by atoms with Crippen LogP contribution in [0.1, 0.15) is 18.4 Å². The number of nitrogens with zero attached hydrogens (tertiary/aromatic N) is 1. The Morgan fingerprint density at radius 3 is 2.41 bits per heavy atom. The van der Waals surface area contributed by atoms with E-state index in [1.165, 1.54) is 4.90 Å². The van der Waals surface area contributed by atoms with Crippen LogP contribution >= 0.6 is 0 Å². The van der Waals surface area contributed by atoms with Gasteiger partial charge in [-0.05, 0) is 24.3 Å². The molecule has 122 valence electrons. The highest BCUT2D eigenvalue weighted by atomic mass is 19.4. The second kappa shape index (κ2) is 7.00. The molecule has 0 aromatic heterocycles. The molecule has 1 fully saturated rings. The lowest BCUT2D eigenvalue weighted by Crippen LogP contribution is -2.49. The molecule has 1 heterocycles. The van der Waals surface area contributed by atoms with E-state index in [9.17, 15) is 18.0 Å². The Balaban J connectivity index is 1.78. The molecule has 0 radical (unpaired) electrons. The predicted octanol–water partition coefficient (Wildman–Crippen LogP) is 2.92. The van der Waals surface area contributed by atoms with Gasteiger partial charge in [0.1, 0.15) is 12.6 Å². The van der Waals surface area contributed by atoms with Crippen LogP contribution in [0.2, 0.25) is 0 Å². The number of halogens is 3. The summed E-state index contributed by atoms with van der Waals surface area (Å²) in [7, 11) is 0. The topological polar surface area (TPSA) is 55.6 Å². The first kappa shape index (κ1) is 16.6. The number of rotatable bonds is 3. The van der Waals surface area contributed by atoms with Crippen LogP contribution in [0.4, 0.5) is 18.0 Å². The number of ether oxygens (including phenoxy) is 1. The van der Waals surface area contributed by atoms with E-state index in [1.807, 2.05) is 30.3 Å². The SMILES string of the molecule is N[C@H](C1CCN(C(=O)OCc2ccccc2)CC1)C(F)(F)F. The number of nitrogens with two attached hydrogens (primary N) is 1. The largest absolute Gasteiger partial charge is 0.445 e. The van der Waals surface area contributed by atoms with E-state index in [4.69, 9.17) is 10.5 Å². The molecule has 1 atom stereocenters. The van der Waals surface area contributed by atoms with Crippen molar-refractivity contribution < 1.29 is 22.7 Å². The van der Waals surface area contributed by atoms with E-state index in [-0.39, 0.29) is 32.5 Å². The second-order valence-electron chi connectivity index (χ2n) is 5.43. The molecular formula is C15H19F3N2O2. The van der Waals surface area contributed by atoms with Gasteiger partial charge >= 0.3 is 12.3 Å². The Kier molecular flexibility index (Phi) is 5.28. The van der Waals surface area contributed by atoms with E-state index >= 15 is 0 Å². The van der Waals surface area contributed by atoms with Gasteiger partial charge in [-0.1, -0.05) is 30.3 Å². The van der Waals surface area contributed by atoms with Gasteiger partial charge in [0.25, 0.3) is 0 Å². The highest BCUT2D eigenvalue weighted by molar-refractivity contribution is 5.67. The van der Waals surface area contributed by atoms with E-state index in [1.54, 1.807) is 0 Å². The number of benzene rings is 1. The van der Waals surface area contributed by atoms with Crippen molar-refractivity contribution in [3.05, 3.63) is 35.9 Å². The number of hydrogen-bond donors (Lipinski definition) is 1. The molecule has 1 aromatic carbocycles. The number of piperidine rings is 1. The summed E-state index contributed by atoms with van der Waals surface area (Å²) in [6.07, 6.45) is -4.41. The fourth-order valence-corrected chi connectivity index (χ4v) is 2.52. The Morgan fingerprint density at radius 2 is 1.86 bits per heavy atom. The summed E-state index contributed by atoms with van der Waals surface area (Å²) < 4.78 is 42.9. The van der Waals surface area contributed by atoms with Gasteiger partial charge < -0.3 is 15.4 Å². The second-order valence-corrected chi connectivity index (χ2v) is 5.43. The molecule has 0 saturated carbocycles. The molecule has 4 nitrogen and oxygen atoms in total. The molecule has 1 aromatic rings. The number of carbonyl (C=O) groups is 1. The average molecular weight is 316 g/mol. The maximum Gasteiger partial charge on any atom is 0.410 e. The van der Waals surface area contributed by atoms with Crippen molar-refractivity contribution in [3.63, 3.8) is 0 Å². The molecule has 1 aliphatic rings. The van der Waals surface area contributed by atoms with Crippen molar-refractivity contribution >= 4 is 6.09 Å². The normalized spacial score (nSPS) is 18.1. The summed E-state index contributed by atoms with van der Waals surface area (Å²) in [5, 5.41) is 0. The van der Waals surface area contributed by atoms with E-state index < -0.39 is 24.2 Å². The molecule has 2 N–H and O–H groups in total. The molecule has 22 heavy (non-hydrogen) atoms. The molecule has 0 unspecified atom stereocenters. The quantitative estimate of drug-likeness (QED) is 0.933. The van der Waals surface area contributed by atoms with Crippen molar-refractivity contribution in [2.24, 2.45) is 11.7 Å². The fraction of sp³-hybridized carbons (Fsp3) is 0.533. The monoisotopic (exact) mass is 316 g/mol. The van der Waals surface area contributed by atoms with Crippen molar-refractivity contribution in [1.29, 1.82) is 0 Å². The third-order valence-electron chi connectivity index (χ3n) is 3.89. The minimum Gasteiger partial charge on any atom is -0.445 e.